The first-order valence-corrected chi connectivity index (χ1v) is 6.97. The number of benzene rings is 2. The van der Waals surface area contributed by atoms with Gasteiger partial charge in [0.1, 0.15) is 5.75 Å². The molecule has 0 spiro atoms. The highest BCUT2D eigenvalue weighted by Gasteiger charge is 2.11. The smallest absolute Gasteiger partial charge is 0.307 e. The first-order valence-electron chi connectivity index (χ1n) is 6.97. The lowest BCUT2D eigenvalue weighted by molar-refractivity contribution is -0.136. The van der Waals surface area contributed by atoms with Crippen LogP contribution in [0.2, 0.25) is 0 Å². The Morgan fingerprint density at radius 2 is 1.88 bits per heavy atom. The van der Waals surface area contributed by atoms with E-state index in [1.165, 1.54) is 43.5 Å². The van der Waals surface area contributed by atoms with Crippen LogP contribution in [-0.2, 0) is 11.2 Å². The van der Waals surface area contributed by atoms with Crippen LogP contribution in [0.25, 0.3) is 6.08 Å². The number of halogens is 2. The monoisotopic (exact) mass is 332 g/mol. The molecule has 0 aliphatic heterocycles. The number of methoxy groups -OCH3 is 1. The second-order valence-corrected chi connectivity index (χ2v) is 4.97. The number of hydrogen-bond acceptors (Lipinski definition) is 3. The highest BCUT2D eigenvalue weighted by Crippen LogP contribution is 2.21. The molecule has 0 fully saturated rings. The SMILES string of the molecule is COc1ccc(C(=O)/C=C/c2ccc(F)c(F)c2)cc1CC(=O)O. The van der Waals surface area contributed by atoms with Crippen LogP contribution in [0.1, 0.15) is 21.5 Å². The Labute approximate surface area is 137 Å². The molecule has 0 unspecified atom stereocenters. The van der Waals surface area contributed by atoms with Crippen LogP contribution in [0.5, 0.6) is 5.75 Å². The van der Waals surface area contributed by atoms with Gasteiger partial charge < -0.3 is 9.84 Å². The lowest BCUT2D eigenvalue weighted by Gasteiger charge is -2.08. The van der Waals surface area contributed by atoms with Crippen molar-refractivity contribution in [3.63, 3.8) is 0 Å². The topological polar surface area (TPSA) is 63.6 Å². The minimum absolute atomic E-state index is 0.269. The minimum atomic E-state index is -1.05. The van der Waals surface area contributed by atoms with Crippen molar-refractivity contribution < 1.29 is 28.2 Å². The fourth-order valence-corrected chi connectivity index (χ4v) is 2.12. The molecule has 0 aromatic heterocycles. The van der Waals surface area contributed by atoms with Crippen LogP contribution in [0, 0.1) is 11.6 Å². The van der Waals surface area contributed by atoms with Crippen molar-refractivity contribution in [2.24, 2.45) is 0 Å². The van der Waals surface area contributed by atoms with Crippen molar-refractivity contribution in [3.05, 3.63) is 70.8 Å². The molecule has 0 atom stereocenters. The van der Waals surface area contributed by atoms with Crippen LogP contribution in [0.15, 0.2) is 42.5 Å². The molecule has 0 radical (unpaired) electrons. The number of ketones is 1. The fraction of sp³-hybridized carbons (Fsp3) is 0.111. The van der Waals surface area contributed by atoms with Crippen molar-refractivity contribution in [1.29, 1.82) is 0 Å². The van der Waals surface area contributed by atoms with Gasteiger partial charge in [-0.1, -0.05) is 12.1 Å². The molecule has 2 aromatic rings. The Morgan fingerprint density at radius 3 is 2.50 bits per heavy atom. The Bertz CT molecular complexity index is 813. The highest BCUT2D eigenvalue weighted by molar-refractivity contribution is 6.07. The van der Waals surface area contributed by atoms with Gasteiger partial charge in [-0.05, 0) is 42.0 Å². The molecule has 0 saturated carbocycles. The van der Waals surface area contributed by atoms with Crippen molar-refractivity contribution in [3.8, 4) is 5.75 Å². The Kier molecular flexibility index (Phi) is 5.42. The average Bonchev–Trinajstić information content (AvgIpc) is 2.55. The van der Waals surface area contributed by atoms with Gasteiger partial charge in [0.25, 0.3) is 0 Å². The van der Waals surface area contributed by atoms with Gasteiger partial charge in [-0.2, -0.15) is 0 Å². The number of carbonyl (C=O) groups excluding carboxylic acids is 1. The molecule has 0 bridgehead atoms. The van der Waals surface area contributed by atoms with Gasteiger partial charge in [-0.25, -0.2) is 8.78 Å². The molecule has 124 valence electrons. The van der Waals surface area contributed by atoms with Gasteiger partial charge in [-0.15, -0.1) is 0 Å². The molecule has 2 aromatic carbocycles. The lowest BCUT2D eigenvalue weighted by Crippen LogP contribution is -2.04. The summed E-state index contributed by atoms with van der Waals surface area (Å²) in [5, 5.41) is 8.90. The summed E-state index contributed by atoms with van der Waals surface area (Å²) in [5.74, 6) is -3.03. The molecular weight excluding hydrogens is 318 g/mol. The van der Waals surface area contributed by atoms with Crippen molar-refractivity contribution in [2.45, 2.75) is 6.42 Å². The summed E-state index contributed by atoms with van der Waals surface area (Å²) in [6, 6.07) is 7.73. The van der Waals surface area contributed by atoms with E-state index in [2.05, 4.69) is 0 Å². The van der Waals surface area contributed by atoms with Crippen LogP contribution >= 0.6 is 0 Å². The first-order chi connectivity index (χ1) is 11.4. The molecule has 4 nitrogen and oxygen atoms in total. The maximum absolute atomic E-state index is 13.1. The second kappa shape index (κ2) is 7.50. The Morgan fingerprint density at radius 1 is 1.12 bits per heavy atom. The standard InChI is InChI=1S/C18H14F2O4/c1-24-17-7-4-12(9-13(17)10-18(22)23)16(21)6-3-11-2-5-14(19)15(20)8-11/h2-9H,10H2,1H3,(H,22,23)/b6-3+. The zero-order valence-electron chi connectivity index (χ0n) is 12.8. The van der Waals surface area contributed by atoms with Crippen molar-refractivity contribution in [2.75, 3.05) is 7.11 Å². The summed E-state index contributed by atoms with van der Waals surface area (Å²) in [6.45, 7) is 0. The molecule has 24 heavy (non-hydrogen) atoms. The van der Waals surface area contributed by atoms with E-state index < -0.39 is 23.4 Å². The third-order valence-corrected chi connectivity index (χ3v) is 3.28. The number of carbonyl (C=O) groups is 2. The molecule has 0 saturated heterocycles. The molecule has 0 aliphatic carbocycles. The quantitative estimate of drug-likeness (QED) is 0.650. The van der Waals surface area contributed by atoms with Crippen molar-refractivity contribution >= 4 is 17.8 Å². The number of carboxylic acids is 1. The fourth-order valence-electron chi connectivity index (χ4n) is 2.12. The minimum Gasteiger partial charge on any atom is -0.496 e. The number of carboxylic acid groups (broad SMARTS) is 1. The van der Waals surface area contributed by atoms with Crippen molar-refractivity contribution in [1.82, 2.24) is 0 Å². The largest absolute Gasteiger partial charge is 0.496 e. The van der Waals surface area contributed by atoms with Crippen LogP contribution in [0.3, 0.4) is 0 Å². The first kappa shape index (κ1) is 17.3. The maximum atomic E-state index is 13.1. The molecular formula is C18H14F2O4. The van der Waals surface area contributed by atoms with Gasteiger partial charge in [-0.3, -0.25) is 9.59 Å². The number of allylic oxidation sites excluding steroid dienone is 1. The van der Waals surface area contributed by atoms with Gasteiger partial charge in [0.05, 0.1) is 13.5 Å². The zero-order valence-corrected chi connectivity index (χ0v) is 12.8. The van der Waals surface area contributed by atoms with Gasteiger partial charge >= 0.3 is 5.97 Å². The van der Waals surface area contributed by atoms with E-state index in [-0.39, 0.29) is 12.0 Å². The van der Waals surface area contributed by atoms with E-state index in [9.17, 15) is 18.4 Å². The van der Waals surface area contributed by atoms with Crippen LogP contribution in [0.4, 0.5) is 8.78 Å². The molecule has 1 N–H and O–H groups in total. The van der Waals surface area contributed by atoms with E-state index in [4.69, 9.17) is 9.84 Å². The summed E-state index contributed by atoms with van der Waals surface area (Å²) < 4.78 is 31.0. The van der Waals surface area contributed by atoms with E-state index in [1.54, 1.807) is 0 Å². The number of rotatable bonds is 6. The number of aliphatic carboxylic acids is 1. The third-order valence-electron chi connectivity index (χ3n) is 3.28. The third kappa shape index (κ3) is 4.25. The predicted molar refractivity (Wildman–Crippen MR) is 84.1 cm³/mol. The maximum Gasteiger partial charge on any atom is 0.307 e. The summed E-state index contributed by atoms with van der Waals surface area (Å²) in [4.78, 5) is 23.0. The summed E-state index contributed by atoms with van der Waals surface area (Å²) in [5.41, 5.74) is 0.976. The highest BCUT2D eigenvalue weighted by atomic mass is 19.2. The Hall–Kier alpha value is -3.02. The number of ether oxygens (including phenoxy) is 1. The van der Waals surface area contributed by atoms with Crippen LogP contribution in [-0.4, -0.2) is 24.0 Å². The summed E-state index contributed by atoms with van der Waals surface area (Å²) in [7, 11) is 1.41. The second-order valence-electron chi connectivity index (χ2n) is 4.97. The lowest BCUT2D eigenvalue weighted by atomic mass is 10.0. The Balaban J connectivity index is 2.24. The average molecular weight is 332 g/mol. The summed E-state index contributed by atoms with van der Waals surface area (Å²) in [6.07, 6.45) is 2.28. The zero-order chi connectivity index (χ0) is 17.7. The van der Waals surface area contributed by atoms with Gasteiger partial charge in [0, 0.05) is 11.1 Å². The number of hydrogen-bond donors (Lipinski definition) is 1. The predicted octanol–water partition coefficient (Wildman–Crippen LogP) is 3.50. The molecule has 6 heteroatoms. The summed E-state index contributed by atoms with van der Waals surface area (Å²) >= 11 is 0. The molecule has 2 rings (SSSR count). The van der Waals surface area contributed by atoms with E-state index in [1.807, 2.05) is 0 Å². The van der Waals surface area contributed by atoms with Gasteiger partial charge in [0.2, 0.25) is 0 Å². The normalized spacial score (nSPS) is 10.8. The molecule has 0 amide bonds. The van der Waals surface area contributed by atoms with Gasteiger partial charge in [0.15, 0.2) is 17.4 Å². The van der Waals surface area contributed by atoms with E-state index in [0.29, 0.717) is 16.9 Å². The van der Waals surface area contributed by atoms with E-state index in [0.717, 1.165) is 12.1 Å². The van der Waals surface area contributed by atoms with Crippen LogP contribution < -0.4 is 4.74 Å². The van der Waals surface area contributed by atoms with E-state index >= 15 is 0 Å². The molecule has 0 aliphatic rings. The molecule has 0 heterocycles.